The number of aliphatic imine (C=N–C) groups is 1. The second-order valence-corrected chi connectivity index (χ2v) is 7.94. The fourth-order valence-electron chi connectivity index (χ4n) is 2.27. The van der Waals surface area contributed by atoms with Crippen LogP contribution in [0.1, 0.15) is 35.3 Å². The molecule has 1 aromatic rings. The maximum atomic E-state index is 11.9. The highest BCUT2D eigenvalue weighted by Crippen LogP contribution is 2.28. The monoisotopic (exact) mass is 343 g/mol. The summed E-state index contributed by atoms with van der Waals surface area (Å²) in [6.07, 6.45) is 1.94. The number of ether oxygens (including phenoxy) is 1. The Hall–Kier alpha value is -1.38. The van der Waals surface area contributed by atoms with E-state index < -0.39 is 27.4 Å². The van der Waals surface area contributed by atoms with Crippen molar-refractivity contribution in [3.63, 3.8) is 0 Å². The number of nitrogens with zero attached hydrogens (tertiary/aromatic N) is 1. The first-order valence-electron chi connectivity index (χ1n) is 6.51. The second-order valence-electron chi connectivity index (χ2n) is 5.62. The van der Waals surface area contributed by atoms with Crippen molar-refractivity contribution in [1.29, 1.82) is 0 Å². The Bertz CT molecular complexity index is 738. The molecule has 0 bridgehead atoms. The number of benzene rings is 1. The Labute approximate surface area is 133 Å². The molecule has 0 unspecified atom stereocenters. The summed E-state index contributed by atoms with van der Waals surface area (Å²) in [4.78, 5) is 16.4. The van der Waals surface area contributed by atoms with Crippen LogP contribution >= 0.6 is 11.8 Å². The summed E-state index contributed by atoms with van der Waals surface area (Å²) >= 11 is 1.60. The van der Waals surface area contributed by atoms with Crippen LogP contribution in [0.15, 0.2) is 23.2 Å². The van der Waals surface area contributed by atoms with Gasteiger partial charge in [-0.3, -0.25) is 4.55 Å². The molecule has 0 spiro atoms. The third-order valence-electron chi connectivity index (χ3n) is 3.01. The lowest BCUT2D eigenvalue weighted by Crippen LogP contribution is -2.23. The van der Waals surface area contributed by atoms with E-state index in [-0.39, 0.29) is 11.5 Å². The maximum Gasteiger partial charge on any atom is 0.345 e. The second kappa shape index (κ2) is 6.02. The van der Waals surface area contributed by atoms with Crippen LogP contribution in [0.4, 0.5) is 0 Å². The van der Waals surface area contributed by atoms with Gasteiger partial charge in [-0.2, -0.15) is 20.2 Å². The van der Waals surface area contributed by atoms with Crippen LogP contribution in [-0.2, 0) is 20.6 Å². The number of thioether (sulfide) groups is 1. The molecule has 0 fully saturated rings. The lowest BCUT2D eigenvalue weighted by molar-refractivity contribution is 0.0736. The van der Waals surface area contributed by atoms with E-state index in [1.54, 1.807) is 23.9 Å². The van der Waals surface area contributed by atoms with Crippen LogP contribution in [0.2, 0.25) is 0 Å². The molecule has 120 valence electrons. The number of carbonyl (C=O) groups excluding carboxylic acids is 1. The van der Waals surface area contributed by atoms with Crippen molar-refractivity contribution in [3.05, 3.63) is 34.9 Å². The van der Waals surface area contributed by atoms with Crippen molar-refractivity contribution in [3.8, 4) is 0 Å². The molecule has 2 rings (SSSR count). The smallest absolute Gasteiger partial charge is 0.345 e. The molecule has 1 aliphatic heterocycles. The van der Waals surface area contributed by atoms with E-state index in [1.165, 1.54) is 6.07 Å². The van der Waals surface area contributed by atoms with Crippen LogP contribution in [0.3, 0.4) is 0 Å². The Morgan fingerprint density at radius 2 is 2.05 bits per heavy atom. The van der Waals surface area contributed by atoms with Gasteiger partial charge in [-0.15, -0.1) is 0 Å². The Kier molecular flexibility index (Phi) is 4.65. The zero-order valence-electron chi connectivity index (χ0n) is 12.5. The van der Waals surface area contributed by atoms with Gasteiger partial charge in [-0.05, 0) is 31.7 Å². The average Bonchev–Trinajstić information content (AvgIpc) is 2.64. The number of carbonyl (C=O) groups is 1. The third kappa shape index (κ3) is 3.88. The first-order valence-corrected chi connectivity index (χ1v) is 9.52. The summed E-state index contributed by atoms with van der Waals surface area (Å²) in [5, 5.41) is 0. The predicted molar refractivity (Wildman–Crippen MR) is 86.1 cm³/mol. The Morgan fingerprint density at radius 3 is 2.64 bits per heavy atom. The SMILES string of the molecule is CSCC(C)(C)N=C1OC(=O)c2cccc(CS(=O)(=O)O)c21. The minimum atomic E-state index is -4.22. The van der Waals surface area contributed by atoms with Crippen molar-refractivity contribution < 1.29 is 22.5 Å². The molecule has 22 heavy (non-hydrogen) atoms. The third-order valence-corrected chi connectivity index (χ3v) is 4.68. The molecule has 0 aliphatic carbocycles. The van der Waals surface area contributed by atoms with Crippen molar-refractivity contribution in [1.82, 2.24) is 0 Å². The Morgan fingerprint density at radius 1 is 1.36 bits per heavy atom. The first kappa shape index (κ1) is 17.0. The molecule has 0 radical (unpaired) electrons. The molecule has 1 N–H and O–H groups in total. The molecule has 0 atom stereocenters. The largest absolute Gasteiger partial charge is 0.404 e. The van der Waals surface area contributed by atoms with Crippen molar-refractivity contribution in [2.24, 2.45) is 4.99 Å². The quantitative estimate of drug-likeness (QED) is 0.650. The summed E-state index contributed by atoms with van der Waals surface area (Å²) in [6.45, 7) is 3.79. The number of cyclic esters (lactones) is 1. The van der Waals surface area contributed by atoms with E-state index in [0.717, 1.165) is 0 Å². The molecule has 1 heterocycles. The summed E-state index contributed by atoms with van der Waals surface area (Å²) in [5.41, 5.74) is 0.436. The fraction of sp³-hybridized carbons (Fsp3) is 0.429. The van der Waals surface area contributed by atoms with E-state index >= 15 is 0 Å². The van der Waals surface area contributed by atoms with Crippen LogP contribution in [0, 0.1) is 0 Å². The van der Waals surface area contributed by atoms with Crippen LogP contribution < -0.4 is 0 Å². The lowest BCUT2D eigenvalue weighted by Gasteiger charge is -2.19. The Balaban J connectivity index is 2.54. The van der Waals surface area contributed by atoms with Crippen LogP contribution in [0.5, 0.6) is 0 Å². The van der Waals surface area contributed by atoms with E-state index in [2.05, 4.69) is 4.99 Å². The van der Waals surface area contributed by atoms with Gasteiger partial charge in [0, 0.05) is 5.75 Å². The topological polar surface area (TPSA) is 93.0 Å². The van der Waals surface area contributed by atoms with Gasteiger partial charge in [-0.1, -0.05) is 12.1 Å². The van der Waals surface area contributed by atoms with E-state index in [0.29, 0.717) is 16.9 Å². The fourth-order valence-corrected chi connectivity index (χ4v) is 3.68. The molecule has 1 aromatic carbocycles. The van der Waals surface area contributed by atoms with Gasteiger partial charge >= 0.3 is 5.97 Å². The summed E-state index contributed by atoms with van der Waals surface area (Å²) in [6, 6.07) is 4.64. The van der Waals surface area contributed by atoms with Gasteiger partial charge < -0.3 is 4.74 Å². The highest BCUT2D eigenvalue weighted by molar-refractivity contribution is 7.98. The number of hydrogen-bond donors (Lipinski definition) is 1. The van der Waals surface area contributed by atoms with E-state index in [1.807, 2.05) is 20.1 Å². The van der Waals surface area contributed by atoms with Crippen molar-refractivity contribution >= 4 is 33.7 Å². The highest BCUT2D eigenvalue weighted by Gasteiger charge is 2.33. The molecule has 6 nitrogen and oxygen atoms in total. The number of rotatable bonds is 5. The normalized spacial score (nSPS) is 16.7. The number of hydrogen-bond acceptors (Lipinski definition) is 6. The molecular formula is C14H17NO5S2. The van der Waals surface area contributed by atoms with Crippen LogP contribution in [0.25, 0.3) is 0 Å². The molecule has 0 saturated heterocycles. The van der Waals surface area contributed by atoms with E-state index in [4.69, 9.17) is 9.29 Å². The minimum Gasteiger partial charge on any atom is -0.404 e. The standard InChI is InChI=1S/C14H17NO5S2/c1-14(2,8-21-3)15-12-11-9(7-22(17,18)19)5-4-6-10(11)13(16)20-12/h4-6H,7-8H2,1-3H3,(H,17,18,19). The molecule has 0 saturated carbocycles. The average molecular weight is 343 g/mol. The summed E-state index contributed by atoms with van der Waals surface area (Å²) in [5.74, 6) is -0.331. The molecule has 0 amide bonds. The van der Waals surface area contributed by atoms with E-state index in [9.17, 15) is 13.2 Å². The minimum absolute atomic E-state index is 0.110. The summed E-state index contributed by atoms with van der Waals surface area (Å²) in [7, 11) is -4.22. The van der Waals surface area contributed by atoms with Gasteiger partial charge in [0.2, 0.25) is 5.90 Å². The summed E-state index contributed by atoms with van der Waals surface area (Å²) < 4.78 is 36.6. The first-order chi connectivity index (χ1) is 10.1. The molecular weight excluding hydrogens is 326 g/mol. The highest BCUT2D eigenvalue weighted by atomic mass is 32.2. The van der Waals surface area contributed by atoms with Crippen LogP contribution in [-0.4, -0.2) is 42.4 Å². The van der Waals surface area contributed by atoms with Gasteiger partial charge in [0.05, 0.1) is 16.7 Å². The van der Waals surface area contributed by atoms with Gasteiger partial charge in [0.25, 0.3) is 10.1 Å². The molecule has 1 aliphatic rings. The molecule has 0 aromatic heterocycles. The zero-order chi connectivity index (χ0) is 16.5. The zero-order valence-corrected chi connectivity index (χ0v) is 14.1. The van der Waals surface area contributed by atoms with Crippen molar-refractivity contribution in [2.75, 3.05) is 12.0 Å². The van der Waals surface area contributed by atoms with Gasteiger partial charge in [0.15, 0.2) is 0 Å². The predicted octanol–water partition coefficient (Wildman–Crippen LogP) is 2.13. The lowest BCUT2D eigenvalue weighted by atomic mass is 10.0. The maximum absolute atomic E-state index is 11.9. The van der Waals surface area contributed by atoms with Crippen molar-refractivity contribution in [2.45, 2.75) is 25.1 Å². The number of fused-ring (bicyclic) bond motifs is 1. The number of esters is 1. The van der Waals surface area contributed by atoms with Gasteiger partial charge in [0.1, 0.15) is 5.75 Å². The molecule has 8 heteroatoms. The van der Waals surface area contributed by atoms with Gasteiger partial charge in [-0.25, -0.2) is 9.79 Å².